The average molecular weight is 400 g/mol. The van der Waals surface area contributed by atoms with Crippen LogP contribution in [0.3, 0.4) is 0 Å². The molecule has 2 aromatic carbocycles. The number of hydrogen-bond acceptors (Lipinski definition) is 5. The molecule has 0 aromatic heterocycles. The molecule has 0 spiro atoms. The van der Waals surface area contributed by atoms with Crippen LogP contribution in [0.5, 0.6) is 0 Å². The zero-order valence-electron chi connectivity index (χ0n) is 15.1. The molecular weight excluding hydrogens is 380 g/mol. The molecule has 0 aliphatic heterocycles. The fourth-order valence-electron chi connectivity index (χ4n) is 2.21. The summed E-state index contributed by atoms with van der Waals surface area (Å²) in [6.07, 6.45) is 0. The van der Waals surface area contributed by atoms with Gasteiger partial charge in [0, 0.05) is 16.9 Å². The molecule has 0 aliphatic carbocycles. The van der Waals surface area contributed by atoms with Crippen LogP contribution in [0.25, 0.3) is 0 Å². The van der Waals surface area contributed by atoms with E-state index >= 15 is 0 Å². The largest absolute Gasteiger partial charge is 0.480 e. The summed E-state index contributed by atoms with van der Waals surface area (Å²) in [5.74, 6) is -2.40. The smallest absolute Gasteiger partial charge is 0.325 e. The second kappa shape index (κ2) is 10.3. The van der Waals surface area contributed by atoms with Crippen molar-refractivity contribution in [3.05, 3.63) is 71.8 Å². The monoisotopic (exact) mass is 400 g/mol. The molecular formula is C20H20N2O5S. The lowest BCUT2D eigenvalue weighted by Crippen LogP contribution is -2.52. The van der Waals surface area contributed by atoms with E-state index < -0.39 is 29.9 Å². The van der Waals surface area contributed by atoms with Crippen molar-refractivity contribution < 1.29 is 24.3 Å². The number of rotatable bonds is 8. The Morgan fingerprint density at radius 2 is 1.43 bits per heavy atom. The van der Waals surface area contributed by atoms with Gasteiger partial charge in [-0.25, -0.2) is 0 Å². The normalized spacial score (nSPS) is 12.5. The summed E-state index contributed by atoms with van der Waals surface area (Å²) in [4.78, 5) is 48.1. The first-order chi connectivity index (χ1) is 13.4. The summed E-state index contributed by atoms with van der Waals surface area (Å²) in [6, 6.07) is 14.6. The maximum Gasteiger partial charge on any atom is 0.325 e. The van der Waals surface area contributed by atoms with Gasteiger partial charge in [-0.15, -0.1) is 0 Å². The first-order valence-corrected chi connectivity index (χ1v) is 9.48. The number of nitrogens with one attached hydrogen (secondary N) is 2. The highest BCUT2D eigenvalue weighted by Gasteiger charge is 2.25. The third-order valence-corrected chi connectivity index (χ3v) is 4.78. The first kappa shape index (κ1) is 21.2. The van der Waals surface area contributed by atoms with Crippen LogP contribution in [0.15, 0.2) is 60.7 Å². The van der Waals surface area contributed by atoms with Crippen LogP contribution in [0.2, 0.25) is 0 Å². The molecule has 0 fully saturated rings. The summed E-state index contributed by atoms with van der Waals surface area (Å²) in [5, 5.41) is 13.6. The van der Waals surface area contributed by atoms with Crippen LogP contribution in [0.1, 0.15) is 27.6 Å². The van der Waals surface area contributed by atoms with Gasteiger partial charge in [0.2, 0.25) is 11.0 Å². The summed E-state index contributed by atoms with van der Waals surface area (Å²) in [6.45, 7) is 1.32. The molecule has 0 saturated heterocycles. The summed E-state index contributed by atoms with van der Waals surface area (Å²) in [5.41, 5.74) is 0.825. The number of carboxylic acid groups (broad SMARTS) is 1. The predicted molar refractivity (Wildman–Crippen MR) is 106 cm³/mol. The van der Waals surface area contributed by atoms with Gasteiger partial charge in [-0.3, -0.25) is 19.2 Å². The molecule has 0 aliphatic rings. The zero-order valence-corrected chi connectivity index (χ0v) is 15.9. The van der Waals surface area contributed by atoms with Gasteiger partial charge in [-0.05, 0) is 19.1 Å². The van der Waals surface area contributed by atoms with E-state index in [2.05, 4.69) is 10.6 Å². The molecule has 2 rings (SSSR count). The number of thioether (sulfide) groups is 1. The Morgan fingerprint density at radius 3 is 1.96 bits per heavy atom. The van der Waals surface area contributed by atoms with Crippen molar-refractivity contribution in [3.8, 4) is 0 Å². The minimum atomic E-state index is -1.20. The van der Waals surface area contributed by atoms with Gasteiger partial charge < -0.3 is 15.7 Å². The molecule has 0 heterocycles. The topological polar surface area (TPSA) is 113 Å². The van der Waals surface area contributed by atoms with Crippen molar-refractivity contribution in [1.29, 1.82) is 0 Å². The summed E-state index contributed by atoms with van der Waals surface area (Å²) >= 11 is 0.877. The van der Waals surface area contributed by atoms with Crippen molar-refractivity contribution in [3.63, 3.8) is 0 Å². The molecule has 3 N–H and O–H groups in total. The van der Waals surface area contributed by atoms with Gasteiger partial charge in [0.05, 0.1) is 0 Å². The minimum absolute atomic E-state index is 0.0372. The number of carbonyl (C=O) groups is 4. The Labute approximate surface area is 166 Å². The van der Waals surface area contributed by atoms with Gasteiger partial charge in [-0.1, -0.05) is 60.3 Å². The van der Waals surface area contributed by atoms with Crippen LogP contribution in [0, 0.1) is 0 Å². The number of aliphatic carboxylic acids is 1. The first-order valence-electron chi connectivity index (χ1n) is 8.49. The molecule has 2 amide bonds. The predicted octanol–water partition coefficient (Wildman–Crippen LogP) is 1.95. The number of hydrogen-bond donors (Lipinski definition) is 3. The van der Waals surface area contributed by atoms with Crippen molar-refractivity contribution in [2.24, 2.45) is 0 Å². The summed E-state index contributed by atoms with van der Waals surface area (Å²) in [7, 11) is 0. The third-order valence-electron chi connectivity index (χ3n) is 3.78. The van der Waals surface area contributed by atoms with E-state index in [0.717, 1.165) is 11.8 Å². The number of benzene rings is 2. The lowest BCUT2D eigenvalue weighted by molar-refractivity contribution is -0.141. The number of carbonyl (C=O) groups excluding carboxylic acids is 3. The maximum atomic E-state index is 12.5. The van der Waals surface area contributed by atoms with Crippen molar-refractivity contribution in [1.82, 2.24) is 10.6 Å². The van der Waals surface area contributed by atoms with Crippen LogP contribution < -0.4 is 10.6 Å². The van der Waals surface area contributed by atoms with Crippen molar-refractivity contribution in [2.45, 2.75) is 19.0 Å². The Kier molecular flexibility index (Phi) is 7.76. The van der Waals surface area contributed by atoms with Crippen LogP contribution in [-0.2, 0) is 9.59 Å². The molecule has 2 aromatic rings. The lowest BCUT2D eigenvalue weighted by Gasteiger charge is -2.19. The van der Waals surface area contributed by atoms with E-state index in [4.69, 9.17) is 5.11 Å². The molecule has 2 atom stereocenters. The molecule has 28 heavy (non-hydrogen) atoms. The molecule has 8 heteroatoms. The van der Waals surface area contributed by atoms with Crippen LogP contribution in [0.4, 0.5) is 0 Å². The van der Waals surface area contributed by atoms with Gasteiger partial charge in [-0.2, -0.15) is 0 Å². The fourth-order valence-corrected chi connectivity index (χ4v) is 3.06. The second-order valence-corrected chi connectivity index (χ2v) is 6.92. The number of carboxylic acids is 1. The van der Waals surface area contributed by atoms with E-state index in [1.165, 1.54) is 6.92 Å². The van der Waals surface area contributed by atoms with Crippen LogP contribution >= 0.6 is 11.8 Å². The standard InChI is InChI=1S/C20H20N2O5S/c1-13(19(25)26)21-18(24)16(22-17(23)14-8-4-2-5-9-14)12-28-20(27)15-10-6-3-7-11-15/h2-11,13,16H,12H2,1H3,(H,21,24)(H,22,23)(H,25,26)/t13-,16?/m0/s1. The van der Waals surface area contributed by atoms with Gasteiger partial charge in [0.25, 0.3) is 5.91 Å². The van der Waals surface area contributed by atoms with E-state index in [1.807, 2.05) is 0 Å². The van der Waals surface area contributed by atoms with Gasteiger partial charge >= 0.3 is 5.97 Å². The second-order valence-electron chi connectivity index (χ2n) is 5.93. The highest BCUT2D eigenvalue weighted by molar-refractivity contribution is 8.14. The van der Waals surface area contributed by atoms with E-state index in [-0.39, 0.29) is 10.9 Å². The summed E-state index contributed by atoms with van der Waals surface area (Å²) < 4.78 is 0. The Bertz CT molecular complexity index is 842. The third kappa shape index (κ3) is 6.24. The van der Waals surface area contributed by atoms with Crippen molar-refractivity contribution in [2.75, 3.05) is 5.75 Å². The number of amides is 2. The maximum absolute atomic E-state index is 12.5. The Morgan fingerprint density at radius 1 is 0.893 bits per heavy atom. The molecule has 0 bridgehead atoms. The molecule has 0 saturated carbocycles. The van der Waals surface area contributed by atoms with E-state index in [1.54, 1.807) is 60.7 Å². The highest BCUT2D eigenvalue weighted by Crippen LogP contribution is 2.14. The van der Waals surface area contributed by atoms with E-state index in [0.29, 0.717) is 11.1 Å². The molecule has 7 nitrogen and oxygen atoms in total. The average Bonchev–Trinajstić information content (AvgIpc) is 2.71. The molecule has 0 radical (unpaired) electrons. The zero-order chi connectivity index (χ0) is 20.5. The Balaban J connectivity index is 2.08. The quantitative estimate of drug-likeness (QED) is 0.624. The molecule has 1 unspecified atom stereocenters. The fraction of sp³-hybridized carbons (Fsp3) is 0.200. The van der Waals surface area contributed by atoms with Gasteiger partial charge in [0.15, 0.2) is 0 Å². The Hall–Kier alpha value is -3.13. The SMILES string of the molecule is C[C@H](NC(=O)C(CSC(=O)c1ccccc1)NC(=O)c1ccccc1)C(=O)O. The van der Waals surface area contributed by atoms with Gasteiger partial charge in [0.1, 0.15) is 12.1 Å². The highest BCUT2D eigenvalue weighted by atomic mass is 32.2. The minimum Gasteiger partial charge on any atom is -0.480 e. The van der Waals surface area contributed by atoms with E-state index in [9.17, 15) is 19.2 Å². The lowest BCUT2D eigenvalue weighted by atomic mass is 10.2. The van der Waals surface area contributed by atoms with Crippen LogP contribution in [-0.4, -0.2) is 45.8 Å². The van der Waals surface area contributed by atoms with Crippen molar-refractivity contribution >= 4 is 34.7 Å². The molecule has 146 valence electrons.